The van der Waals surface area contributed by atoms with Gasteiger partial charge in [-0.25, -0.2) is 4.98 Å². The average Bonchev–Trinajstić information content (AvgIpc) is 3.11. The first kappa shape index (κ1) is 14.0. The number of aromatic amines is 1. The monoisotopic (exact) mass is 321 g/mol. The second-order valence-electron chi connectivity index (χ2n) is 5.62. The second kappa shape index (κ2) is 5.21. The Labute approximate surface area is 137 Å². The van der Waals surface area contributed by atoms with Crippen LogP contribution in [0.15, 0.2) is 42.6 Å². The van der Waals surface area contributed by atoms with Crippen molar-refractivity contribution in [1.29, 1.82) is 0 Å². The van der Waals surface area contributed by atoms with Gasteiger partial charge in [-0.1, -0.05) is 17.4 Å². The summed E-state index contributed by atoms with van der Waals surface area (Å²) in [6, 6.07) is 12.7. The van der Waals surface area contributed by atoms with Crippen LogP contribution in [-0.2, 0) is 4.79 Å². The Morgan fingerprint density at radius 2 is 2.04 bits per heavy atom. The Kier molecular flexibility index (Phi) is 3.16. The predicted octanol–water partition coefficient (Wildman–Crippen LogP) is 4.71. The number of H-pyrrole nitrogens is 1. The summed E-state index contributed by atoms with van der Waals surface area (Å²) in [6.45, 7) is 3.61. The highest BCUT2D eigenvalue weighted by Crippen LogP contribution is 2.32. The summed E-state index contributed by atoms with van der Waals surface area (Å²) < 4.78 is 1.07. The number of thiazole rings is 1. The fraction of sp³-hybridized carbons (Fsp3) is 0.111. The van der Waals surface area contributed by atoms with Crippen LogP contribution in [0.25, 0.3) is 32.2 Å². The van der Waals surface area contributed by atoms with Gasteiger partial charge in [-0.15, -0.1) is 0 Å². The van der Waals surface area contributed by atoms with Crippen LogP contribution in [0, 0.1) is 6.92 Å². The minimum atomic E-state index is -0.0992. The molecule has 0 saturated heterocycles. The zero-order chi connectivity index (χ0) is 16.0. The number of carbonyl (C=O) groups is 1. The highest BCUT2D eigenvalue weighted by Gasteiger charge is 2.08. The number of amides is 1. The van der Waals surface area contributed by atoms with Crippen molar-refractivity contribution in [3.05, 3.63) is 48.2 Å². The molecule has 114 valence electrons. The summed E-state index contributed by atoms with van der Waals surface area (Å²) in [4.78, 5) is 18.9. The van der Waals surface area contributed by atoms with Crippen molar-refractivity contribution in [3.8, 4) is 11.1 Å². The van der Waals surface area contributed by atoms with Crippen molar-refractivity contribution >= 4 is 43.5 Å². The number of hydrogen-bond acceptors (Lipinski definition) is 3. The number of benzene rings is 2. The fourth-order valence-corrected chi connectivity index (χ4v) is 3.78. The highest BCUT2D eigenvalue weighted by molar-refractivity contribution is 7.22. The number of aryl methyl sites for hydroxylation is 1. The molecule has 2 aromatic heterocycles. The van der Waals surface area contributed by atoms with Gasteiger partial charge in [0.25, 0.3) is 0 Å². The maximum Gasteiger partial charge on any atom is 0.223 e. The number of nitrogens with zero attached hydrogens (tertiary/aromatic N) is 1. The van der Waals surface area contributed by atoms with Gasteiger partial charge in [0.05, 0.1) is 10.2 Å². The van der Waals surface area contributed by atoms with Gasteiger partial charge in [0.15, 0.2) is 5.13 Å². The molecule has 0 saturated carbocycles. The second-order valence-corrected chi connectivity index (χ2v) is 6.65. The van der Waals surface area contributed by atoms with E-state index >= 15 is 0 Å². The molecule has 0 radical (unpaired) electrons. The van der Waals surface area contributed by atoms with E-state index in [0.717, 1.165) is 15.8 Å². The first-order chi connectivity index (χ1) is 11.1. The molecule has 1 amide bonds. The Bertz CT molecular complexity index is 1040. The van der Waals surface area contributed by atoms with Gasteiger partial charge in [-0.05, 0) is 53.9 Å². The molecule has 2 heterocycles. The largest absolute Gasteiger partial charge is 0.361 e. The number of anilines is 1. The zero-order valence-electron chi connectivity index (χ0n) is 12.8. The van der Waals surface area contributed by atoms with Gasteiger partial charge in [0.2, 0.25) is 5.91 Å². The number of rotatable bonds is 2. The first-order valence-corrected chi connectivity index (χ1v) is 8.18. The van der Waals surface area contributed by atoms with E-state index < -0.39 is 0 Å². The molecule has 4 aromatic rings. The van der Waals surface area contributed by atoms with E-state index in [1.807, 2.05) is 12.3 Å². The molecule has 0 bridgehead atoms. The minimum absolute atomic E-state index is 0.0992. The molecular formula is C18H15N3OS. The number of aromatic nitrogens is 2. The lowest BCUT2D eigenvalue weighted by Gasteiger charge is -2.05. The SMILES string of the molecule is CC(=O)Nc1nc2ccc(-c3cc(C)c4[nH]ccc4c3)cc2s1. The number of nitrogens with one attached hydrogen (secondary N) is 2. The molecule has 2 aromatic carbocycles. The molecule has 0 aliphatic heterocycles. The van der Waals surface area contributed by atoms with Crippen molar-refractivity contribution in [2.45, 2.75) is 13.8 Å². The average molecular weight is 321 g/mol. The molecule has 4 nitrogen and oxygen atoms in total. The lowest BCUT2D eigenvalue weighted by atomic mass is 10.0. The number of hydrogen-bond donors (Lipinski definition) is 2. The molecule has 0 atom stereocenters. The Morgan fingerprint density at radius 3 is 2.87 bits per heavy atom. The minimum Gasteiger partial charge on any atom is -0.361 e. The van der Waals surface area contributed by atoms with Gasteiger partial charge in [0, 0.05) is 24.0 Å². The summed E-state index contributed by atoms with van der Waals surface area (Å²) in [7, 11) is 0. The summed E-state index contributed by atoms with van der Waals surface area (Å²) in [5, 5.41) is 4.60. The van der Waals surface area contributed by atoms with Gasteiger partial charge in [0.1, 0.15) is 0 Å². The van der Waals surface area contributed by atoms with E-state index in [1.54, 1.807) is 0 Å². The Hall–Kier alpha value is -2.66. The van der Waals surface area contributed by atoms with E-state index in [1.165, 1.54) is 40.3 Å². The summed E-state index contributed by atoms with van der Waals surface area (Å²) in [5.41, 5.74) is 5.65. The third-order valence-corrected chi connectivity index (χ3v) is 4.79. The lowest BCUT2D eigenvalue weighted by molar-refractivity contribution is -0.114. The van der Waals surface area contributed by atoms with Crippen molar-refractivity contribution in [3.63, 3.8) is 0 Å². The smallest absolute Gasteiger partial charge is 0.223 e. The molecule has 0 aliphatic carbocycles. The van der Waals surface area contributed by atoms with Crippen LogP contribution in [0.2, 0.25) is 0 Å². The Morgan fingerprint density at radius 1 is 1.17 bits per heavy atom. The van der Waals surface area contributed by atoms with Crippen LogP contribution in [0.4, 0.5) is 5.13 Å². The van der Waals surface area contributed by atoms with E-state index in [9.17, 15) is 4.79 Å². The molecule has 0 fully saturated rings. The van der Waals surface area contributed by atoms with Crippen LogP contribution < -0.4 is 5.32 Å². The van der Waals surface area contributed by atoms with E-state index in [2.05, 4.69) is 52.5 Å². The zero-order valence-corrected chi connectivity index (χ0v) is 13.6. The summed E-state index contributed by atoms with van der Waals surface area (Å²) >= 11 is 1.49. The van der Waals surface area contributed by atoms with Crippen molar-refractivity contribution < 1.29 is 4.79 Å². The standard InChI is InChI=1S/C18H15N3OS/c1-10-7-14(8-13-5-6-19-17(10)13)12-3-4-15-16(9-12)23-18(21-15)20-11(2)22/h3-9,19H,1-2H3,(H,20,21,22). The third-order valence-electron chi connectivity index (χ3n) is 3.86. The summed E-state index contributed by atoms with van der Waals surface area (Å²) in [5.74, 6) is -0.0992. The molecule has 0 spiro atoms. The van der Waals surface area contributed by atoms with Crippen LogP contribution >= 0.6 is 11.3 Å². The van der Waals surface area contributed by atoms with Gasteiger partial charge < -0.3 is 10.3 Å². The van der Waals surface area contributed by atoms with Crippen LogP contribution in [0.5, 0.6) is 0 Å². The van der Waals surface area contributed by atoms with Crippen molar-refractivity contribution in [2.24, 2.45) is 0 Å². The number of fused-ring (bicyclic) bond motifs is 2. The van der Waals surface area contributed by atoms with E-state index in [4.69, 9.17) is 0 Å². The van der Waals surface area contributed by atoms with Crippen LogP contribution in [0.3, 0.4) is 0 Å². The first-order valence-electron chi connectivity index (χ1n) is 7.36. The maximum absolute atomic E-state index is 11.2. The fourth-order valence-electron chi connectivity index (χ4n) is 2.83. The van der Waals surface area contributed by atoms with Gasteiger partial charge >= 0.3 is 0 Å². The van der Waals surface area contributed by atoms with Crippen LogP contribution in [-0.4, -0.2) is 15.9 Å². The molecular weight excluding hydrogens is 306 g/mol. The molecule has 0 unspecified atom stereocenters. The summed E-state index contributed by atoms with van der Waals surface area (Å²) in [6.07, 6.45) is 1.97. The van der Waals surface area contributed by atoms with Gasteiger partial charge in [-0.2, -0.15) is 0 Å². The van der Waals surface area contributed by atoms with Crippen molar-refractivity contribution in [2.75, 3.05) is 5.32 Å². The topological polar surface area (TPSA) is 57.8 Å². The quantitative estimate of drug-likeness (QED) is 0.561. The number of carbonyl (C=O) groups excluding carboxylic acids is 1. The molecule has 4 rings (SSSR count). The molecule has 0 aliphatic rings. The molecule has 5 heteroatoms. The highest BCUT2D eigenvalue weighted by atomic mass is 32.1. The molecule has 23 heavy (non-hydrogen) atoms. The third kappa shape index (κ3) is 2.49. The van der Waals surface area contributed by atoms with E-state index in [0.29, 0.717) is 5.13 Å². The molecule has 2 N–H and O–H groups in total. The maximum atomic E-state index is 11.2. The van der Waals surface area contributed by atoms with E-state index in [-0.39, 0.29) is 5.91 Å². The van der Waals surface area contributed by atoms with Crippen molar-refractivity contribution in [1.82, 2.24) is 9.97 Å². The predicted molar refractivity (Wildman–Crippen MR) is 96.0 cm³/mol. The normalized spacial score (nSPS) is 11.2. The van der Waals surface area contributed by atoms with Gasteiger partial charge in [-0.3, -0.25) is 4.79 Å². The Balaban J connectivity index is 1.82. The van der Waals surface area contributed by atoms with Crippen LogP contribution in [0.1, 0.15) is 12.5 Å². The lowest BCUT2D eigenvalue weighted by Crippen LogP contribution is -2.04.